The van der Waals surface area contributed by atoms with Crippen molar-refractivity contribution in [3.05, 3.63) is 22.8 Å². The summed E-state index contributed by atoms with van der Waals surface area (Å²) in [6.07, 6.45) is 0. The molecule has 0 fully saturated rings. The lowest BCUT2D eigenvalue weighted by atomic mass is 9.96. The van der Waals surface area contributed by atoms with Crippen molar-refractivity contribution >= 4 is 11.3 Å². The lowest BCUT2D eigenvalue weighted by Crippen LogP contribution is -2.13. The average molecular weight is 233 g/mol. The topological polar surface area (TPSA) is 62.7 Å². The van der Waals surface area contributed by atoms with E-state index >= 15 is 0 Å². The number of aromatic nitrogens is 2. The Hall–Kier alpha value is -1.67. The number of rotatable bonds is 1. The lowest BCUT2D eigenvalue weighted by Gasteiger charge is -2.10. The van der Waals surface area contributed by atoms with E-state index in [1.165, 1.54) is 11.3 Å². The van der Waals surface area contributed by atoms with Crippen LogP contribution in [-0.2, 0) is 5.41 Å². The fourth-order valence-corrected chi connectivity index (χ4v) is 1.87. The second kappa shape index (κ2) is 3.72. The molecule has 0 aliphatic rings. The Labute approximate surface area is 97.5 Å². The van der Waals surface area contributed by atoms with E-state index in [1.54, 1.807) is 6.07 Å². The van der Waals surface area contributed by atoms with Crippen LogP contribution < -0.4 is 0 Å². The second-order valence-corrected chi connectivity index (χ2v) is 5.53. The molecule has 0 aliphatic heterocycles. The zero-order chi connectivity index (χ0) is 11.8. The van der Waals surface area contributed by atoms with E-state index in [0.717, 1.165) is 4.88 Å². The Morgan fingerprint density at radius 2 is 2.12 bits per heavy atom. The molecule has 0 unspecified atom stereocenters. The molecule has 0 aliphatic carbocycles. The Balaban J connectivity index is 2.36. The van der Waals surface area contributed by atoms with E-state index in [9.17, 15) is 0 Å². The fraction of sp³-hybridized carbons (Fsp3) is 0.364. The number of hydrogen-bond donors (Lipinski definition) is 0. The van der Waals surface area contributed by atoms with Crippen LogP contribution in [0.4, 0.5) is 0 Å². The van der Waals surface area contributed by atoms with Crippen LogP contribution in [0.15, 0.2) is 16.7 Å². The lowest BCUT2D eigenvalue weighted by molar-refractivity contribution is 0.403. The van der Waals surface area contributed by atoms with Gasteiger partial charge in [-0.3, -0.25) is 0 Å². The SMILES string of the molecule is CC(C)(C)c1noc(-c2ccc(C#N)s2)n1. The third-order valence-electron chi connectivity index (χ3n) is 2.02. The minimum atomic E-state index is -0.128. The van der Waals surface area contributed by atoms with E-state index in [-0.39, 0.29) is 5.41 Å². The minimum absolute atomic E-state index is 0.128. The Bertz CT molecular complexity index is 542. The highest BCUT2D eigenvalue weighted by atomic mass is 32.1. The van der Waals surface area contributed by atoms with Gasteiger partial charge in [-0.05, 0) is 12.1 Å². The third kappa shape index (κ3) is 1.97. The van der Waals surface area contributed by atoms with Gasteiger partial charge in [0, 0.05) is 5.41 Å². The normalized spacial score (nSPS) is 11.4. The van der Waals surface area contributed by atoms with Gasteiger partial charge in [0.15, 0.2) is 5.82 Å². The monoisotopic (exact) mass is 233 g/mol. The van der Waals surface area contributed by atoms with Crippen molar-refractivity contribution in [1.29, 1.82) is 5.26 Å². The standard InChI is InChI=1S/C11H11N3OS/c1-11(2,3)10-13-9(15-14-10)8-5-4-7(6-12)16-8/h4-5H,1-3H3. The predicted octanol–water partition coefficient (Wildman–Crippen LogP) is 2.97. The van der Waals surface area contributed by atoms with Crippen LogP contribution in [0.25, 0.3) is 10.8 Å². The minimum Gasteiger partial charge on any atom is -0.333 e. The Morgan fingerprint density at radius 3 is 2.62 bits per heavy atom. The quantitative estimate of drug-likeness (QED) is 0.759. The van der Waals surface area contributed by atoms with Crippen molar-refractivity contribution in [3.8, 4) is 16.8 Å². The molecule has 2 aromatic rings. The zero-order valence-corrected chi connectivity index (χ0v) is 10.1. The first-order valence-electron chi connectivity index (χ1n) is 4.85. The maximum absolute atomic E-state index is 8.73. The molecule has 0 N–H and O–H groups in total. The summed E-state index contributed by atoms with van der Waals surface area (Å²) in [6, 6.07) is 5.66. The van der Waals surface area contributed by atoms with Crippen molar-refractivity contribution in [2.24, 2.45) is 0 Å². The van der Waals surface area contributed by atoms with E-state index in [0.29, 0.717) is 16.6 Å². The first-order chi connectivity index (χ1) is 7.50. The molecule has 0 saturated carbocycles. The molecule has 5 heteroatoms. The summed E-state index contributed by atoms with van der Waals surface area (Å²) in [4.78, 5) is 5.80. The molecule has 2 aromatic heterocycles. The molecular weight excluding hydrogens is 222 g/mol. The zero-order valence-electron chi connectivity index (χ0n) is 9.31. The van der Waals surface area contributed by atoms with Gasteiger partial charge in [-0.15, -0.1) is 11.3 Å². The molecule has 2 heterocycles. The molecule has 0 atom stereocenters. The van der Waals surface area contributed by atoms with Crippen LogP contribution in [-0.4, -0.2) is 10.1 Å². The summed E-state index contributed by atoms with van der Waals surface area (Å²) in [5, 5.41) is 12.7. The molecule has 0 saturated heterocycles. The third-order valence-corrected chi connectivity index (χ3v) is 3.00. The Kier molecular flexibility index (Phi) is 2.52. The summed E-state index contributed by atoms with van der Waals surface area (Å²) in [7, 11) is 0. The molecule has 2 rings (SSSR count). The highest BCUT2D eigenvalue weighted by Crippen LogP contribution is 2.28. The molecule has 0 radical (unpaired) electrons. The largest absolute Gasteiger partial charge is 0.333 e. The van der Waals surface area contributed by atoms with Gasteiger partial charge in [-0.2, -0.15) is 10.2 Å². The van der Waals surface area contributed by atoms with Crippen molar-refractivity contribution in [3.63, 3.8) is 0 Å². The van der Waals surface area contributed by atoms with Crippen LogP contribution in [0.2, 0.25) is 0 Å². The Morgan fingerprint density at radius 1 is 1.38 bits per heavy atom. The molecule has 0 spiro atoms. The summed E-state index contributed by atoms with van der Waals surface area (Å²) in [5.41, 5.74) is -0.128. The fourth-order valence-electron chi connectivity index (χ4n) is 1.14. The highest BCUT2D eigenvalue weighted by molar-refractivity contribution is 7.15. The highest BCUT2D eigenvalue weighted by Gasteiger charge is 2.21. The van der Waals surface area contributed by atoms with Gasteiger partial charge in [-0.1, -0.05) is 25.9 Å². The maximum atomic E-state index is 8.73. The summed E-state index contributed by atoms with van der Waals surface area (Å²) >= 11 is 1.35. The molecule has 0 aromatic carbocycles. The van der Waals surface area contributed by atoms with Crippen LogP contribution >= 0.6 is 11.3 Å². The van der Waals surface area contributed by atoms with Gasteiger partial charge in [-0.25, -0.2) is 0 Å². The van der Waals surface area contributed by atoms with Gasteiger partial charge in [0.05, 0.1) is 4.88 Å². The van der Waals surface area contributed by atoms with E-state index in [4.69, 9.17) is 9.78 Å². The number of nitriles is 1. The van der Waals surface area contributed by atoms with Crippen molar-refractivity contribution in [2.45, 2.75) is 26.2 Å². The smallest absolute Gasteiger partial charge is 0.268 e. The molecular formula is C11H11N3OS. The van der Waals surface area contributed by atoms with Gasteiger partial charge in [0.25, 0.3) is 5.89 Å². The summed E-state index contributed by atoms with van der Waals surface area (Å²) in [6.45, 7) is 6.07. The van der Waals surface area contributed by atoms with Gasteiger partial charge in [0.2, 0.25) is 0 Å². The molecule has 0 bridgehead atoms. The van der Waals surface area contributed by atoms with Crippen LogP contribution in [0, 0.1) is 11.3 Å². The molecule has 0 amide bonds. The number of nitrogens with zero attached hydrogens (tertiary/aromatic N) is 3. The predicted molar refractivity (Wildman–Crippen MR) is 61.0 cm³/mol. The van der Waals surface area contributed by atoms with E-state index in [1.807, 2.05) is 26.8 Å². The summed E-state index contributed by atoms with van der Waals surface area (Å²) in [5.74, 6) is 1.16. The van der Waals surface area contributed by atoms with Gasteiger partial charge in [0.1, 0.15) is 10.9 Å². The molecule has 82 valence electrons. The van der Waals surface area contributed by atoms with Gasteiger partial charge >= 0.3 is 0 Å². The van der Waals surface area contributed by atoms with E-state index < -0.39 is 0 Å². The number of hydrogen-bond acceptors (Lipinski definition) is 5. The van der Waals surface area contributed by atoms with Crippen molar-refractivity contribution in [2.75, 3.05) is 0 Å². The first-order valence-corrected chi connectivity index (χ1v) is 5.67. The molecule has 4 nitrogen and oxygen atoms in total. The van der Waals surface area contributed by atoms with Gasteiger partial charge < -0.3 is 4.52 Å². The number of thiophene rings is 1. The first kappa shape index (κ1) is 10.8. The van der Waals surface area contributed by atoms with Crippen LogP contribution in [0.1, 0.15) is 31.5 Å². The molecule has 16 heavy (non-hydrogen) atoms. The van der Waals surface area contributed by atoms with Crippen molar-refractivity contribution < 1.29 is 4.52 Å². The average Bonchev–Trinajstić information content (AvgIpc) is 2.85. The summed E-state index contributed by atoms with van der Waals surface area (Å²) < 4.78 is 5.17. The van der Waals surface area contributed by atoms with E-state index in [2.05, 4.69) is 16.2 Å². The van der Waals surface area contributed by atoms with Crippen molar-refractivity contribution in [1.82, 2.24) is 10.1 Å². The maximum Gasteiger partial charge on any atom is 0.268 e. The second-order valence-electron chi connectivity index (χ2n) is 4.45. The van der Waals surface area contributed by atoms with Crippen LogP contribution in [0.5, 0.6) is 0 Å². The van der Waals surface area contributed by atoms with Crippen LogP contribution in [0.3, 0.4) is 0 Å².